The number of ether oxygens (including phenoxy) is 1. The smallest absolute Gasteiger partial charge is 0.237 e. The van der Waals surface area contributed by atoms with E-state index in [1.807, 2.05) is 22.9 Å². The molecule has 2 rings (SSSR count). The van der Waals surface area contributed by atoms with Crippen LogP contribution >= 0.6 is 11.3 Å². The topological polar surface area (TPSA) is 38.6 Å². The van der Waals surface area contributed by atoms with Crippen molar-refractivity contribution in [2.24, 2.45) is 0 Å². The SMILES string of the molecule is CC#CCNCc1c(OC)nc2sccn12. The van der Waals surface area contributed by atoms with Crippen molar-refractivity contribution in [1.29, 1.82) is 0 Å². The molecule has 2 aromatic rings. The second kappa shape index (κ2) is 5.01. The molecule has 0 spiro atoms. The lowest BCUT2D eigenvalue weighted by Gasteiger charge is -2.02. The predicted molar refractivity (Wildman–Crippen MR) is 64.8 cm³/mol. The maximum Gasteiger partial charge on any atom is 0.237 e. The van der Waals surface area contributed by atoms with E-state index in [1.165, 1.54) is 0 Å². The highest BCUT2D eigenvalue weighted by molar-refractivity contribution is 7.15. The normalized spacial score (nSPS) is 10.1. The van der Waals surface area contributed by atoms with Crippen LogP contribution in [0.25, 0.3) is 4.96 Å². The van der Waals surface area contributed by atoms with Crippen molar-refractivity contribution < 1.29 is 4.74 Å². The molecule has 0 fully saturated rings. The van der Waals surface area contributed by atoms with Gasteiger partial charge in [0.2, 0.25) is 5.88 Å². The van der Waals surface area contributed by atoms with E-state index in [2.05, 4.69) is 22.1 Å². The molecule has 1 N–H and O–H groups in total. The highest BCUT2D eigenvalue weighted by atomic mass is 32.1. The van der Waals surface area contributed by atoms with E-state index in [4.69, 9.17) is 4.74 Å². The average Bonchev–Trinajstić information content (AvgIpc) is 2.85. The summed E-state index contributed by atoms with van der Waals surface area (Å²) in [5.74, 6) is 6.49. The highest BCUT2D eigenvalue weighted by Gasteiger charge is 2.12. The molecule has 5 heteroatoms. The Morgan fingerprint density at radius 2 is 2.50 bits per heavy atom. The third kappa shape index (κ3) is 2.03. The minimum atomic E-state index is 0.678. The van der Waals surface area contributed by atoms with E-state index in [0.717, 1.165) is 10.7 Å². The fourth-order valence-corrected chi connectivity index (χ4v) is 2.19. The van der Waals surface area contributed by atoms with Gasteiger partial charge in [-0.05, 0) is 6.92 Å². The van der Waals surface area contributed by atoms with Crippen LogP contribution in [0.1, 0.15) is 12.6 Å². The first-order chi connectivity index (χ1) is 7.86. The van der Waals surface area contributed by atoms with Crippen LogP contribution in [0.15, 0.2) is 11.6 Å². The third-order valence-electron chi connectivity index (χ3n) is 2.20. The summed E-state index contributed by atoms with van der Waals surface area (Å²) >= 11 is 1.60. The Labute approximate surface area is 98.3 Å². The Morgan fingerprint density at radius 1 is 1.62 bits per heavy atom. The summed E-state index contributed by atoms with van der Waals surface area (Å²) in [7, 11) is 1.64. The van der Waals surface area contributed by atoms with Crippen molar-refractivity contribution >= 4 is 16.3 Å². The minimum absolute atomic E-state index is 0.678. The lowest BCUT2D eigenvalue weighted by Crippen LogP contribution is -2.15. The number of hydrogen-bond donors (Lipinski definition) is 1. The van der Waals surface area contributed by atoms with Crippen molar-refractivity contribution in [2.45, 2.75) is 13.5 Å². The summed E-state index contributed by atoms with van der Waals surface area (Å²) in [5.41, 5.74) is 1.04. The standard InChI is InChI=1S/C11H13N3OS/c1-3-4-5-12-8-9-10(15-2)13-11-14(9)6-7-16-11/h6-7,12H,5,8H2,1-2H3. The van der Waals surface area contributed by atoms with E-state index in [-0.39, 0.29) is 0 Å². The van der Waals surface area contributed by atoms with E-state index >= 15 is 0 Å². The largest absolute Gasteiger partial charge is 0.480 e. The summed E-state index contributed by atoms with van der Waals surface area (Å²) in [6.45, 7) is 3.21. The minimum Gasteiger partial charge on any atom is -0.480 e. The first-order valence-corrected chi connectivity index (χ1v) is 5.83. The Balaban J connectivity index is 2.18. The van der Waals surface area contributed by atoms with Crippen LogP contribution in [0.4, 0.5) is 0 Å². The number of fused-ring (bicyclic) bond motifs is 1. The second-order valence-corrected chi connectivity index (χ2v) is 4.03. The molecule has 2 heterocycles. The maximum absolute atomic E-state index is 5.24. The molecule has 0 saturated carbocycles. The Morgan fingerprint density at radius 3 is 3.25 bits per heavy atom. The lowest BCUT2D eigenvalue weighted by molar-refractivity contribution is 0.393. The maximum atomic E-state index is 5.24. The first kappa shape index (κ1) is 11.0. The van der Waals surface area contributed by atoms with Crippen LogP contribution in [0, 0.1) is 11.8 Å². The molecule has 0 aliphatic rings. The van der Waals surface area contributed by atoms with Gasteiger partial charge >= 0.3 is 0 Å². The van der Waals surface area contributed by atoms with Gasteiger partial charge in [0.05, 0.1) is 13.7 Å². The van der Waals surface area contributed by atoms with Gasteiger partial charge in [0.15, 0.2) is 4.96 Å². The van der Waals surface area contributed by atoms with Crippen molar-refractivity contribution in [3.05, 3.63) is 17.3 Å². The Hall–Kier alpha value is -1.51. The van der Waals surface area contributed by atoms with Gasteiger partial charge in [0.25, 0.3) is 0 Å². The van der Waals surface area contributed by atoms with Crippen molar-refractivity contribution in [3.8, 4) is 17.7 Å². The molecule has 0 unspecified atom stereocenters. The molecule has 0 aliphatic carbocycles. The van der Waals surface area contributed by atoms with Gasteiger partial charge in [-0.2, -0.15) is 4.98 Å². The zero-order valence-electron chi connectivity index (χ0n) is 9.28. The number of methoxy groups -OCH3 is 1. The number of nitrogens with zero attached hydrogens (tertiary/aromatic N) is 2. The number of nitrogens with one attached hydrogen (secondary N) is 1. The third-order valence-corrected chi connectivity index (χ3v) is 2.96. The molecular formula is C11H13N3OS. The molecule has 0 aliphatic heterocycles. The lowest BCUT2D eigenvalue weighted by atomic mass is 10.4. The average molecular weight is 235 g/mol. The van der Waals surface area contributed by atoms with Crippen LogP contribution in [0.3, 0.4) is 0 Å². The molecular weight excluding hydrogens is 222 g/mol. The molecule has 0 atom stereocenters. The molecule has 2 aromatic heterocycles. The molecule has 0 radical (unpaired) electrons. The van der Waals surface area contributed by atoms with Crippen molar-refractivity contribution in [2.75, 3.05) is 13.7 Å². The van der Waals surface area contributed by atoms with Crippen LogP contribution in [0.5, 0.6) is 5.88 Å². The van der Waals surface area contributed by atoms with E-state index in [0.29, 0.717) is 19.0 Å². The van der Waals surface area contributed by atoms with E-state index in [9.17, 15) is 0 Å². The molecule has 4 nitrogen and oxygen atoms in total. The zero-order chi connectivity index (χ0) is 11.4. The van der Waals surface area contributed by atoms with Crippen LogP contribution < -0.4 is 10.1 Å². The van der Waals surface area contributed by atoms with Gasteiger partial charge in [-0.3, -0.25) is 4.40 Å². The number of imidazole rings is 1. The summed E-state index contributed by atoms with van der Waals surface area (Å²) in [6.07, 6.45) is 2.00. The summed E-state index contributed by atoms with van der Waals surface area (Å²) in [6, 6.07) is 0. The second-order valence-electron chi connectivity index (χ2n) is 3.15. The first-order valence-electron chi connectivity index (χ1n) is 4.95. The molecule has 16 heavy (non-hydrogen) atoms. The Bertz CT molecular complexity index is 532. The van der Waals surface area contributed by atoms with Gasteiger partial charge < -0.3 is 10.1 Å². The van der Waals surface area contributed by atoms with Crippen LogP contribution in [-0.4, -0.2) is 23.0 Å². The van der Waals surface area contributed by atoms with Crippen LogP contribution in [0.2, 0.25) is 0 Å². The number of thiazole rings is 1. The van der Waals surface area contributed by atoms with Crippen molar-refractivity contribution in [3.63, 3.8) is 0 Å². The summed E-state index contributed by atoms with van der Waals surface area (Å²) in [4.78, 5) is 5.33. The fourth-order valence-electron chi connectivity index (χ4n) is 1.47. The van der Waals surface area contributed by atoms with E-state index in [1.54, 1.807) is 18.4 Å². The van der Waals surface area contributed by atoms with Gasteiger partial charge in [-0.15, -0.1) is 17.3 Å². The molecule has 0 saturated heterocycles. The monoisotopic (exact) mass is 235 g/mol. The van der Waals surface area contributed by atoms with Gasteiger partial charge in [0, 0.05) is 18.1 Å². The summed E-state index contributed by atoms with van der Waals surface area (Å²) < 4.78 is 7.28. The molecule has 0 bridgehead atoms. The molecule has 84 valence electrons. The Kier molecular flexibility index (Phi) is 3.44. The van der Waals surface area contributed by atoms with Gasteiger partial charge in [-0.1, -0.05) is 5.92 Å². The fraction of sp³-hybridized carbons (Fsp3) is 0.364. The predicted octanol–water partition coefficient (Wildman–Crippen LogP) is 1.52. The highest BCUT2D eigenvalue weighted by Crippen LogP contribution is 2.22. The number of aromatic nitrogens is 2. The van der Waals surface area contributed by atoms with Crippen molar-refractivity contribution in [1.82, 2.24) is 14.7 Å². The van der Waals surface area contributed by atoms with Gasteiger partial charge in [0.1, 0.15) is 5.69 Å². The number of hydrogen-bond acceptors (Lipinski definition) is 4. The molecule has 0 amide bonds. The number of rotatable bonds is 4. The molecule has 0 aromatic carbocycles. The van der Waals surface area contributed by atoms with Crippen LogP contribution in [-0.2, 0) is 6.54 Å². The van der Waals surface area contributed by atoms with E-state index < -0.39 is 0 Å². The zero-order valence-corrected chi connectivity index (χ0v) is 10.1. The van der Waals surface area contributed by atoms with Gasteiger partial charge in [-0.25, -0.2) is 0 Å². The summed E-state index contributed by atoms with van der Waals surface area (Å²) in [5, 5.41) is 5.25. The quantitative estimate of drug-likeness (QED) is 0.645.